The van der Waals surface area contributed by atoms with Crippen molar-refractivity contribution in [3.63, 3.8) is 0 Å². The van der Waals surface area contributed by atoms with E-state index in [1.54, 1.807) is 12.1 Å². The molecule has 0 saturated carbocycles. The van der Waals surface area contributed by atoms with Gasteiger partial charge >= 0.3 is 0 Å². The van der Waals surface area contributed by atoms with Gasteiger partial charge in [-0.1, -0.05) is 35.9 Å². The number of hydrogen-bond donors (Lipinski definition) is 1. The third kappa shape index (κ3) is 3.08. The monoisotopic (exact) mass is 284 g/mol. The summed E-state index contributed by atoms with van der Waals surface area (Å²) in [5, 5.41) is 11.0. The Morgan fingerprint density at radius 1 is 1.19 bits per heavy atom. The predicted molar refractivity (Wildman–Crippen MR) is 80.3 cm³/mol. The number of nitrogens with zero attached hydrogens (tertiary/aromatic N) is 1. The van der Waals surface area contributed by atoms with Crippen LogP contribution in [-0.2, 0) is 6.42 Å². The molecule has 5 nitrogen and oxygen atoms in total. The van der Waals surface area contributed by atoms with Gasteiger partial charge in [0.05, 0.1) is 4.92 Å². The van der Waals surface area contributed by atoms with E-state index in [1.807, 2.05) is 32.0 Å². The molecule has 2 aromatic carbocycles. The van der Waals surface area contributed by atoms with Gasteiger partial charge in [-0.05, 0) is 37.0 Å². The summed E-state index contributed by atoms with van der Waals surface area (Å²) >= 11 is 0. The molecule has 0 radical (unpaired) electrons. The molecule has 0 saturated heterocycles. The summed E-state index contributed by atoms with van der Waals surface area (Å²) in [4.78, 5) is 22.1. The van der Waals surface area contributed by atoms with Gasteiger partial charge in [0.25, 0.3) is 11.6 Å². The van der Waals surface area contributed by atoms with E-state index >= 15 is 0 Å². The molecule has 2 rings (SSSR count). The van der Waals surface area contributed by atoms with E-state index in [9.17, 15) is 14.9 Å². The molecule has 0 heterocycles. The normalized spacial score (nSPS) is 10.4. The van der Waals surface area contributed by atoms with Gasteiger partial charge in [0.2, 0.25) is 0 Å². The number of primary amides is 1. The van der Waals surface area contributed by atoms with Crippen molar-refractivity contribution in [2.45, 2.75) is 20.3 Å². The quantitative estimate of drug-likeness (QED) is 0.691. The number of carbonyl (C=O) groups excluding carboxylic acids is 1. The highest BCUT2D eigenvalue weighted by Crippen LogP contribution is 2.25. The fraction of sp³-hybridized carbons (Fsp3) is 0.188. The fourth-order valence-corrected chi connectivity index (χ4v) is 2.42. The molecule has 5 heteroatoms. The van der Waals surface area contributed by atoms with Gasteiger partial charge < -0.3 is 5.73 Å². The number of nitrogens with two attached hydrogens (primary N) is 1. The van der Waals surface area contributed by atoms with E-state index in [-0.39, 0.29) is 11.3 Å². The van der Waals surface area contributed by atoms with Gasteiger partial charge in [-0.25, -0.2) is 0 Å². The van der Waals surface area contributed by atoms with E-state index in [1.165, 1.54) is 6.07 Å². The maximum absolute atomic E-state index is 11.6. The minimum absolute atomic E-state index is 0.0116. The van der Waals surface area contributed by atoms with E-state index in [0.717, 1.165) is 16.7 Å². The molecule has 2 N–H and O–H groups in total. The molecular weight excluding hydrogens is 268 g/mol. The molecular formula is C16H16N2O3. The predicted octanol–water partition coefficient (Wildman–Crippen LogP) is 2.90. The Balaban J connectivity index is 2.51. The lowest BCUT2D eigenvalue weighted by Crippen LogP contribution is -2.16. The summed E-state index contributed by atoms with van der Waals surface area (Å²) in [5.41, 5.74) is 8.88. The first-order valence-corrected chi connectivity index (χ1v) is 6.52. The Morgan fingerprint density at radius 3 is 2.48 bits per heavy atom. The van der Waals surface area contributed by atoms with Crippen LogP contribution in [-0.4, -0.2) is 10.8 Å². The highest BCUT2D eigenvalue weighted by molar-refractivity contribution is 5.98. The van der Waals surface area contributed by atoms with E-state index in [0.29, 0.717) is 12.0 Å². The maximum atomic E-state index is 11.6. The van der Waals surface area contributed by atoms with E-state index in [4.69, 9.17) is 5.73 Å². The SMILES string of the molecule is Cc1ccc(Cc2cccc([N+](=O)[O-])c2C(N)=O)c(C)c1. The number of amides is 1. The van der Waals surface area contributed by atoms with Crippen molar-refractivity contribution in [1.82, 2.24) is 0 Å². The lowest BCUT2D eigenvalue weighted by Gasteiger charge is -2.10. The highest BCUT2D eigenvalue weighted by atomic mass is 16.6. The Bertz CT molecular complexity index is 723. The van der Waals surface area contributed by atoms with Gasteiger partial charge in [0, 0.05) is 6.07 Å². The van der Waals surface area contributed by atoms with Crippen LogP contribution in [0.15, 0.2) is 36.4 Å². The van der Waals surface area contributed by atoms with Crippen LogP contribution in [0.5, 0.6) is 0 Å². The molecule has 0 aliphatic carbocycles. The van der Waals surface area contributed by atoms with Gasteiger partial charge in [0.15, 0.2) is 0 Å². The molecule has 0 aromatic heterocycles. The van der Waals surface area contributed by atoms with Crippen molar-refractivity contribution < 1.29 is 9.72 Å². The first kappa shape index (κ1) is 14.7. The zero-order chi connectivity index (χ0) is 15.6. The third-order valence-electron chi connectivity index (χ3n) is 3.45. The van der Waals surface area contributed by atoms with Crippen molar-refractivity contribution >= 4 is 11.6 Å². The molecule has 0 aliphatic rings. The Hall–Kier alpha value is -2.69. The van der Waals surface area contributed by atoms with Gasteiger partial charge in [-0.3, -0.25) is 14.9 Å². The minimum Gasteiger partial charge on any atom is -0.365 e. The summed E-state index contributed by atoms with van der Waals surface area (Å²) < 4.78 is 0. The van der Waals surface area contributed by atoms with Crippen LogP contribution in [0.1, 0.15) is 32.6 Å². The van der Waals surface area contributed by atoms with Crippen LogP contribution in [0, 0.1) is 24.0 Å². The molecule has 21 heavy (non-hydrogen) atoms. The van der Waals surface area contributed by atoms with E-state index < -0.39 is 10.8 Å². The number of rotatable bonds is 4. The smallest absolute Gasteiger partial charge is 0.282 e. The summed E-state index contributed by atoms with van der Waals surface area (Å²) in [6.45, 7) is 3.97. The van der Waals surface area contributed by atoms with Crippen LogP contribution in [0.3, 0.4) is 0 Å². The number of carbonyl (C=O) groups is 1. The molecule has 0 fully saturated rings. The number of nitro groups is 1. The van der Waals surface area contributed by atoms with Crippen molar-refractivity contribution in [1.29, 1.82) is 0 Å². The van der Waals surface area contributed by atoms with Crippen molar-refractivity contribution in [2.75, 3.05) is 0 Å². The summed E-state index contributed by atoms with van der Waals surface area (Å²) in [7, 11) is 0. The van der Waals surface area contributed by atoms with E-state index in [2.05, 4.69) is 0 Å². The lowest BCUT2D eigenvalue weighted by molar-refractivity contribution is -0.385. The first-order chi connectivity index (χ1) is 9.90. The van der Waals surface area contributed by atoms with Crippen LogP contribution < -0.4 is 5.73 Å². The van der Waals surface area contributed by atoms with Crippen molar-refractivity contribution in [2.24, 2.45) is 5.73 Å². The Kier molecular flexibility index (Phi) is 4.03. The molecule has 0 unspecified atom stereocenters. The molecule has 0 aliphatic heterocycles. The minimum atomic E-state index is -0.776. The van der Waals surface area contributed by atoms with Crippen molar-refractivity contribution in [3.05, 3.63) is 74.3 Å². The van der Waals surface area contributed by atoms with Crippen molar-refractivity contribution in [3.8, 4) is 0 Å². The van der Waals surface area contributed by atoms with Gasteiger partial charge in [-0.15, -0.1) is 0 Å². The topological polar surface area (TPSA) is 86.2 Å². The maximum Gasteiger partial charge on any atom is 0.282 e. The second-order valence-electron chi connectivity index (χ2n) is 5.04. The molecule has 0 spiro atoms. The summed E-state index contributed by atoms with van der Waals surface area (Å²) in [5.74, 6) is -0.776. The third-order valence-corrected chi connectivity index (χ3v) is 3.45. The number of benzene rings is 2. The van der Waals surface area contributed by atoms with Crippen LogP contribution >= 0.6 is 0 Å². The average Bonchev–Trinajstić information content (AvgIpc) is 2.41. The highest BCUT2D eigenvalue weighted by Gasteiger charge is 2.22. The number of aryl methyl sites for hydroxylation is 2. The molecule has 1 amide bonds. The van der Waals surface area contributed by atoms with Crippen LogP contribution in [0.4, 0.5) is 5.69 Å². The zero-order valence-corrected chi connectivity index (χ0v) is 11.9. The van der Waals surface area contributed by atoms with Crippen LogP contribution in [0.25, 0.3) is 0 Å². The number of hydrogen-bond acceptors (Lipinski definition) is 3. The Morgan fingerprint density at radius 2 is 1.90 bits per heavy atom. The largest absolute Gasteiger partial charge is 0.365 e. The molecule has 0 atom stereocenters. The Labute approximate surface area is 122 Å². The molecule has 0 bridgehead atoms. The zero-order valence-electron chi connectivity index (χ0n) is 11.9. The molecule has 108 valence electrons. The first-order valence-electron chi connectivity index (χ1n) is 6.52. The summed E-state index contributed by atoms with van der Waals surface area (Å²) in [6, 6.07) is 10.6. The lowest BCUT2D eigenvalue weighted by atomic mass is 9.95. The van der Waals surface area contributed by atoms with Crippen LogP contribution in [0.2, 0.25) is 0 Å². The summed E-state index contributed by atoms with van der Waals surface area (Å²) in [6.07, 6.45) is 0.437. The second-order valence-corrected chi connectivity index (χ2v) is 5.04. The van der Waals surface area contributed by atoms with Gasteiger partial charge in [-0.2, -0.15) is 0 Å². The standard InChI is InChI=1S/C16H16N2O3/c1-10-6-7-12(11(2)8-10)9-13-4-3-5-14(18(20)21)15(13)16(17)19/h3-8H,9H2,1-2H3,(H2,17,19). The van der Waals surface area contributed by atoms with Gasteiger partial charge in [0.1, 0.15) is 5.56 Å². The average molecular weight is 284 g/mol. The fourth-order valence-electron chi connectivity index (χ4n) is 2.42. The second kappa shape index (κ2) is 5.75. The molecule has 2 aromatic rings. The number of nitro benzene ring substituents is 1.